The summed E-state index contributed by atoms with van der Waals surface area (Å²) in [5, 5.41) is 13.2. The summed E-state index contributed by atoms with van der Waals surface area (Å²) in [6.07, 6.45) is -3.39. The standard InChI is InChI=1S/C26H31NO7/c1-16(28)19-15-20(27-25(31)34-26(2,3)4)22(33-24(30)18-13-9-6-10-14-18)21(19)32-23(29)17-11-7-5-8-12-17/h5-14,16,19-22,28H,15H2,1-4H3,(H,27,31)/t16?,19-,20-,21-,22+/m1/s1. The number of hydrogen-bond acceptors (Lipinski definition) is 7. The summed E-state index contributed by atoms with van der Waals surface area (Å²) in [5.74, 6) is -1.83. The molecule has 0 aliphatic heterocycles. The number of nitrogens with one attached hydrogen (secondary N) is 1. The molecule has 2 N–H and O–H groups in total. The van der Waals surface area contributed by atoms with Crippen LogP contribution in [0.15, 0.2) is 60.7 Å². The molecule has 2 aromatic rings. The molecule has 0 spiro atoms. The molecule has 0 radical (unpaired) electrons. The number of alkyl carbamates (subject to hydrolysis) is 1. The smallest absolute Gasteiger partial charge is 0.408 e. The molecule has 8 heteroatoms. The number of amides is 1. The van der Waals surface area contributed by atoms with Gasteiger partial charge in [-0.1, -0.05) is 36.4 Å². The highest BCUT2D eigenvalue weighted by Gasteiger charge is 2.51. The molecule has 0 bridgehead atoms. The van der Waals surface area contributed by atoms with Gasteiger partial charge in [0.05, 0.1) is 23.3 Å². The number of ether oxygens (including phenoxy) is 3. The number of hydrogen-bond donors (Lipinski definition) is 2. The Hall–Kier alpha value is -3.39. The van der Waals surface area contributed by atoms with Gasteiger partial charge in [0.2, 0.25) is 0 Å². The summed E-state index contributed by atoms with van der Waals surface area (Å²) in [7, 11) is 0. The van der Waals surface area contributed by atoms with Crippen LogP contribution in [0.2, 0.25) is 0 Å². The average molecular weight is 470 g/mol. The van der Waals surface area contributed by atoms with Crippen molar-refractivity contribution in [1.82, 2.24) is 5.32 Å². The minimum Gasteiger partial charge on any atom is -0.454 e. The molecule has 3 rings (SSSR count). The maximum absolute atomic E-state index is 12.9. The number of aliphatic hydroxyl groups is 1. The summed E-state index contributed by atoms with van der Waals surface area (Å²) in [6, 6.07) is 16.0. The maximum atomic E-state index is 12.9. The second-order valence-electron chi connectivity index (χ2n) is 9.36. The van der Waals surface area contributed by atoms with Crippen LogP contribution >= 0.6 is 0 Å². The van der Waals surface area contributed by atoms with Gasteiger partial charge >= 0.3 is 18.0 Å². The molecule has 1 aliphatic carbocycles. The SMILES string of the molecule is CC(O)[C@H]1C[C@@H](NC(=O)OC(C)(C)C)[C@H](OC(=O)c2ccccc2)[C@@H]1OC(=O)c1ccccc1. The summed E-state index contributed by atoms with van der Waals surface area (Å²) >= 11 is 0. The number of aliphatic hydroxyl groups excluding tert-OH is 1. The van der Waals surface area contributed by atoms with Gasteiger partial charge in [-0.25, -0.2) is 14.4 Å². The first-order valence-electron chi connectivity index (χ1n) is 11.2. The Bertz CT molecular complexity index is 985. The highest BCUT2D eigenvalue weighted by Crippen LogP contribution is 2.35. The van der Waals surface area contributed by atoms with E-state index in [1.54, 1.807) is 88.4 Å². The van der Waals surface area contributed by atoms with E-state index in [-0.39, 0.29) is 6.42 Å². The second-order valence-corrected chi connectivity index (χ2v) is 9.36. The molecule has 2 aromatic carbocycles. The minimum atomic E-state index is -1.03. The van der Waals surface area contributed by atoms with Crippen LogP contribution in [0, 0.1) is 5.92 Å². The first-order valence-corrected chi connectivity index (χ1v) is 11.2. The molecule has 5 atom stereocenters. The van der Waals surface area contributed by atoms with Crippen molar-refractivity contribution in [1.29, 1.82) is 0 Å². The van der Waals surface area contributed by atoms with E-state index in [1.165, 1.54) is 0 Å². The topological polar surface area (TPSA) is 111 Å². The zero-order valence-electron chi connectivity index (χ0n) is 19.8. The Kier molecular flexibility index (Phi) is 7.94. The van der Waals surface area contributed by atoms with E-state index in [0.29, 0.717) is 11.1 Å². The van der Waals surface area contributed by atoms with Gasteiger partial charge in [0.15, 0.2) is 6.10 Å². The minimum absolute atomic E-state index is 0.219. The third kappa shape index (κ3) is 6.57. The molecule has 1 aliphatic rings. The molecule has 1 amide bonds. The molecule has 34 heavy (non-hydrogen) atoms. The van der Waals surface area contributed by atoms with E-state index in [4.69, 9.17) is 14.2 Å². The van der Waals surface area contributed by atoms with Crippen LogP contribution in [-0.4, -0.2) is 53.1 Å². The van der Waals surface area contributed by atoms with Crippen LogP contribution in [0.3, 0.4) is 0 Å². The number of carbonyl (C=O) groups excluding carboxylic acids is 3. The van der Waals surface area contributed by atoms with Crippen molar-refractivity contribution in [3.63, 3.8) is 0 Å². The fourth-order valence-electron chi connectivity index (χ4n) is 3.94. The van der Waals surface area contributed by atoms with E-state index in [0.717, 1.165) is 0 Å². The molecule has 182 valence electrons. The second kappa shape index (κ2) is 10.7. The fourth-order valence-corrected chi connectivity index (χ4v) is 3.94. The van der Waals surface area contributed by atoms with E-state index in [9.17, 15) is 19.5 Å². The Morgan fingerprint density at radius 3 is 1.79 bits per heavy atom. The van der Waals surface area contributed by atoms with Gasteiger partial charge in [0.25, 0.3) is 0 Å². The van der Waals surface area contributed by atoms with Gasteiger partial charge in [-0.05, 0) is 58.4 Å². The lowest BCUT2D eigenvalue weighted by Crippen LogP contribution is -2.48. The summed E-state index contributed by atoms with van der Waals surface area (Å²) in [4.78, 5) is 38.2. The molecule has 0 aromatic heterocycles. The maximum Gasteiger partial charge on any atom is 0.408 e. The van der Waals surface area contributed by atoms with E-state index in [2.05, 4.69) is 5.32 Å². The lowest BCUT2D eigenvalue weighted by molar-refractivity contribution is -0.0545. The molecule has 1 unspecified atom stereocenters. The first-order chi connectivity index (χ1) is 16.0. The molecule has 0 saturated heterocycles. The normalized spacial score (nSPS) is 23.0. The van der Waals surface area contributed by atoms with Crippen LogP contribution in [0.1, 0.15) is 54.8 Å². The highest BCUT2D eigenvalue weighted by molar-refractivity contribution is 5.90. The first kappa shape index (κ1) is 25.2. The van der Waals surface area contributed by atoms with Crippen molar-refractivity contribution in [2.24, 2.45) is 5.92 Å². The van der Waals surface area contributed by atoms with Crippen molar-refractivity contribution in [2.45, 2.75) is 64.1 Å². The van der Waals surface area contributed by atoms with Gasteiger partial charge in [0.1, 0.15) is 11.7 Å². The third-order valence-electron chi connectivity index (χ3n) is 5.50. The highest BCUT2D eigenvalue weighted by atomic mass is 16.6. The zero-order chi connectivity index (χ0) is 24.9. The molecular formula is C26H31NO7. The molecular weight excluding hydrogens is 438 g/mol. The van der Waals surface area contributed by atoms with E-state index >= 15 is 0 Å². The number of esters is 2. The van der Waals surface area contributed by atoms with Crippen molar-refractivity contribution in [2.75, 3.05) is 0 Å². The fraction of sp³-hybridized carbons (Fsp3) is 0.423. The molecule has 1 fully saturated rings. The van der Waals surface area contributed by atoms with Crippen LogP contribution in [0.5, 0.6) is 0 Å². The summed E-state index contributed by atoms with van der Waals surface area (Å²) in [5.41, 5.74) is -0.0995. The van der Waals surface area contributed by atoms with Crippen LogP contribution in [-0.2, 0) is 14.2 Å². The Morgan fingerprint density at radius 1 is 0.882 bits per heavy atom. The average Bonchev–Trinajstić information content (AvgIpc) is 3.10. The van der Waals surface area contributed by atoms with E-state index < -0.39 is 53.9 Å². The molecule has 1 saturated carbocycles. The summed E-state index contributed by atoms with van der Waals surface area (Å²) < 4.78 is 16.9. The number of carbonyl (C=O) groups is 3. The predicted octanol–water partition coefficient (Wildman–Crippen LogP) is 3.73. The quantitative estimate of drug-likeness (QED) is 0.490. The van der Waals surface area contributed by atoms with Crippen molar-refractivity contribution in [3.05, 3.63) is 71.8 Å². The monoisotopic (exact) mass is 469 g/mol. The van der Waals surface area contributed by atoms with Gasteiger partial charge < -0.3 is 24.6 Å². The largest absolute Gasteiger partial charge is 0.454 e. The predicted molar refractivity (Wildman–Crippen MR) is 124 cm³/mol. The lowest BCUT2D eigenvalue weighted by Gasteiger charge is -2.28. The number of rotatable bonds is 6. The van der Waals surface area contributed by atoms with Crippen molar-refractivity contribution in [3.8, 4) is 0 Å². The Morgan fingerprint density at radius 2 is 1.35 bits per heavy atom. The van der Waals surface area contributed by atoms with E-state index in [1.807, 2.05) is 0 Å². The lowest BCUT2D eigenvalue weighted by atomic mass is 9.99. The molecule has 8 nitrogen and oxygen atoms in total. The number of benzene rings is 2. The van der Waals surface area contributed by atoms with Crippen molar-refractivity contribution < 1.29 is 33.7 Å². The van der Waals surface area contributed by atoms with Crippen LogP contribution < -0.4 is 5.32 Å². The Balaban J connectivity index is 1.88. The molecule has 0 heterocycles. The third-order valence-corrected chi connectivity index (χ3v) is 5.50. The summed E-state index contributed by atoms with van der Waals surface area (Å²) in [6.45, 7) is 6.77. The Labute approximate surface area is 199 Å². The van der Waals surface area contributed by atoms with Gasteiger partial charge in [-0.2, -0.15) is 0 Å². The van der Waals surface area contributed by atoms with Crippen molar-refractivity contribution >= 4 is 18.0 Å². The van der Waals surface area contributed by atoms with Gasteiger partial charge in [-0.15, -0.1) is 0 Å². The van der Waals surface area contributed by atoms with Crippen LogP contribution in [0.25, 0.3) is 0 Å². The van der Waals surface area contributed by atoms with Crippen LogP contribution in [0.4, 0.5) is 4.79 Å². The van der Waals surface area contributed by atoms with Gasteiger partial charge in [0, 0.05) is 5.92 Å². The van der Waals surface area contributed by atoms with Gasteiger partial charge in [-0.3, -0.25) is 0 Å². The zero-order valence-corrected chi connectivity index (χ0v) is 19.8.